The van der Waals surface area contributed by atoms with Crippen molar-refractivity contribution >= 4 is 5.69 Å². The lowest BCUT2D eigenvalue weighted by atomic mass is 9.86. The predicted octanol–water partition coefficient (Wildman–Crippen LogP) is 3.23. The maximum absolute atomic E-state index is 9.80. The monoisotopic (exact) mass is 235 g/mol. The van der Waals surface area contributed by atoms with Crippen molar-refractivity contribution in [2.24, 2.45) is 5.41 Å². The molecule has 2 heteroatoms. The molecule has 96 valence electrons. The quantitative estimate of drug-likeness (QED) is 0.847. The van der Waals surface area contributed by atoms with E-state index in [2.05, 4.69) is 56.9 Å². The third-order valence-electron chi connectivity index (χ3n) is 3.48. The van der Waals surface area contributed by atoms with E-state index in [0.717, 1.165) is 13.1 Å². The minimum atomic E-state index is -0.304. The molecular formula is C15H25NO. The van der Waals surface area contributed by atoms with E-state index in [1.165, 1.54) is 11.3 Å². The molecule has 1 aromatic carbocycles. The van der Waals surface area contributed by atoms with E-state index >= 15 is 0 Å². The van der Waals surface area contributed by atoms with Crippen molar-refractivity contribution in [3.05, 3.63) is 29.8 Å². The zero-order valence-corrected chi connectivity index (χ0v) is 11.7. The molecule has 0 aromatic heterocycles. The molecule has 2 nitrogen and oxygen atoms in total. The van der Waals surface area contributed by atoms with E-state index in [0.29, 0.717) is 0 Å². The Morgan fingerprint density at radius 2 is 2.00 bits per heavy atom. The Labute approximate surface area is 105 Å². The second-order valence-corrected chi connectivity index (χ2v) is 5.52. The maximum atomic E-state index is 9.80. The van der Waals surface area contributed by atoms with Crippen LogP contribution in [0.1, 0.15) is 33.3 Å². The normalized spacial score (nSPS) is 13.5. The first kappa shape index (κ1) is 14.0. The molecule has 0 aliphatic rings. The van der Waals surface area contributed by atoms with Crippen LogP contribution in [0.2, 0.25) is 0 Å². The van der Waals surface area contributed by atoms with Crippen LogP contribution < -0.4 is 4.90 Å². The van der Waals surface area contributed by atoms with Gasteiger partial charge < -0.3 is 10.0 Å². The lowest BCUT2D eigenvalue weighted by Gasteiger charge is -2.35. The summed E-state index contributed by atoms with van der Waals surface area (Å²) in [5, 5.41) is 9.80. The molecule has 0 fully saturated rings. The molecule has 1 aromatic rings. The van der Waals surface area contributed by atoms with Gasteiger partial charge in [-0.2, -0.15) is 0 Å². The van der Waals surface area contributed by atoms with Crippen molar-refractivity contribution in [2.45, 2.75) is 40.7 Å². The Bertz CT molecular complexity index is 358. The Kier molecular flexibility index (Phi) is 4.58. The van der Waals surface area contributed by atoms with E-state index in [9.17, 15) is 5.11 Å². The van der Waals surface area contributed by atoms with Crippen LogP contribution in [-0.2, 0) is 0 Å². The molecule has 0 radical (unpaired) electrons. The molecule has 0 bridgehead atoms. The van der Waals surface area contributed by atoms with Gasteiger partial charge in [0, 0.05) is 24.2 Å². The molecule has 0 aliphatic heterocycles. The number of aliphatic hydroxyl groups is 1. The van der Waals surface area contributed by atoms with Crippen LogP contribution >= 0.6 is 0 Å². The predicted molar refractivity (Wildman–Crippen MR) is 74.5 cm³/mol. The Morgan fingerprint density at radius 1 is 1.35 bits per heavy atom. The van der Waals surface area contributed by atoms with Gasteiger partial charge in [-0.3, -0.25) is 0 Å². The Hall–Kier alpha value is -1.02. The van der Waals surface area contributed by atoms with Crippen molar-refractivity contribution in [3.8, 4) is 0 Å². The molecule has 0 amide bonds. The van der Waals surface area contributed by atoms with Gasteiger partial charge in [0.05, 0.1) is 6.10 Å². The molecule has 1 atom stereocenters. The van der Waals surface area contributed by atoms with Gasteiger partial charge in [-0.05, 0) is 38.5 Å². The molecular weight excluding hydrogens is 210 g/mol. The van der Waals surface area contributed by atoms with Crippen molar-refractivity contribution in [1.82, 2.24) is 0 Å². The van der Waals surface area contributed by atoms with Gasteiger partial charge >= 0.3 is 0 Å². The second kappa shape index (κ2) is 5.54. The summed E-state index contributed by atoms with van der Waals surface area (Å²) in [6, 6.07) is 8.52. The molecule has 0 saturated carbocycles. The standard InChI is InChI=1S/C15H25NO/c1-6-16(11-15(4,5)13(3)17)14-9-7-8-12(2)10-14/h7-10,13,17H,6,11H2,1-5H3. The summed E-state index contributed by atoms with van der Waals surface area (Å²) in [4.78, 5) is 2.32. The molecule has 1 rings (SSSR count). The second-order valence-electron chi connectivity index (χ2n) is 5.52. The van der Waals surface area contributed by atoms with E-state index < -0.39 is 0 Å². The summed E-state index contributed by atoms with van der Waals surface area (Å²) in [6.07, 6.45) is -0.304. The van der Waals surface area contributed by atoms with Crippen LogP contribution in [-0.4, -0.2) is 24.3 Å². The van der Waals surface area contributed by atoms with E-state index in [-0.39, 0.29) is 11.5 Å². The topological polar surface area (TPSA) is 23.5 Å². The molecule has 17 heavy (non-hydrogen) atoms. The molecule has 1 unspecified atom stereocenters. The average Bonchev–Trinajstić information content (AvgIpc) is 2.25. The smallest absolute Gasteiger partial charge is 0.0579 e. The van der Waals surface area contributed by atoms with Crippen LogP contribution in [0.25, 0.3) is 0 Å². The molecule has 0 saturated heterocycles. The van der Waals surface area contributed by atoms with E-state index in [1.54, 1.807) is 0 Å². The van der Waals surface area contributed by atoms with Crippen molar-refractivity contribution in [3.63, 3.8) is 0 Å². The molecule has 0 aliphatic carbocycles. The largest absolute Gasteiger partial charge is 0.393 e. The zero-order valence-electron chi connectivity index (χ0n) is 11.7. The van der Waals surface area contributed by atoms with Gasteiger partial charge in [-0.15, -0.1) is 0 Å². The first-order chi connectivity index (χ1) is 7.86. The van der Waals surface area contributed by atoms with Crippen LogP contribution in [0.3, 0.4) is 0 Å². The summed E-state index contributed by atoms with van der Waals surface area (Å²) in [6.45, 7) is 12.2. The Morgan fingerprint density at radius 3 is 2.47 bits per heavy atom. The molecule has 0 spiro atoms. The minimum Gasteiger partial charge on any atom is -0.393 e. The fourth-order valence-corrected chi connectivity index (χ4v) is 1.83. The number of benzene rings is 1. The highest BCUT2D eigenvalue weighted by Gasteiger charge is 2.26. The number of aryl methyl sites for hydroxylation is 1. The van der Waals surface area contributed by atoms with Crippen LogP contribution in [0, 0.1) is 12.3 Å². The Balaban J connectivity index is 2.86. The number of hydrogen-bond donors (Lipinski definition) is 1. The molecule has 0 heterocycles. The minimum absolute atomic E-state index is 0.0975. The fourth-order valence-electron chi connectivity index (χ4n) is 1.83. The number of rotatable bonds is 5. The summed E-state index contributed by atoms with van der Waals surface area (Å²) in [5.74, 6) is 0. The van der Waals surface area contributed by atoms with Crippen molar-refractivity contribution < 1.29 is 5.11 Å². The lowest BCUT2D eigenvalue weighted by molar-refractivity contribution is 0.0711. The summed E-state index contributed by atoms with van der Waals surface area (Å²) in [5.41, 5.74) is 2.41. The van der Waals surface area contributed by atoms with Crippen LogP contribution in [0.15, 0.2) is 24.3 Å². The van der Waals surface area contributed by atoms with Crippen molar-refractivity contribution in [2.75, 3.05) is 18.0 Å². The third kappa shape index (κ3) is 3.74. The molecule has 1 N–H and O–H groups in total. The number of hydrogen-bond acceptors (Lipinski definition) is 2. The van der Waals surface area contributed by atoms with Gasteiger partial charge in [0.15, 0.2) is 0 Å². The summed E-state index contributed by atoms with van der Waals surface area (Å²) in [7, 11) is 0. The lowest BCUT2D eigenvalue weighted by Crippen LogP contribution is -2.40. The van der Waals surface area contributed by atoms with E-state index in [1.807, 2.05) is 6.92 Å². The van der Waals surface area contributed by atoms with E-state index in [4.69, 9.17) is 0 Å². The van der Waals surface area contributed by atoms with Gasteiger partial charge in [-0.25, -0.2) is 0 Å². The summed E-state index contributed by atoms with van der Waals surface area (Å²) < 4.78 is 0. The van der Waals surface area contributed by atoms with Gasteiger partial charge in [0.2, 0.25) is 0 Å². The van der Waals surface area contributed by atoms with Gasteiger partial charge in [-0.1, -0.05) is 26.0 Å². The van der Waals surface area contributed by atoms with Crippen molar-refractivity contribution in [1.29, 1.82) is 0 Å². The summed E-state index contributed by atoms with van der Waals surface area (Å²) >= 11 is 0. The first-order valence-electron chi connectivity index (χ1n) is 6.36. The number of nitrogens with zero attached hydrogens (tertiary/aromatic N) is 1. The number of anilines is 1. The SMILES string of the molecule is CCN(CC(C)(C)C(C)O)c1cccc(C)c1. The van der Waals surface area contributed by atoms with Crippen LogP contribution in [0.4, 0.5) is 5.69 Å². The highest BCUT2D eigenvalue weighted by molar-refractivity contribution is 5.48. The third-order valence-corrected chi connectivity index (χ3v) is 3.48. The average molecular weight is 235 g/mol. The highest BCUT2D eigenvalue weighted by Crippen LogP contribution is 2.25. The highest BCUT2D eigenvalue weighted by atomic mass is 16.3. The van der Waals surface area contributed by atoms with Gasteiger partial charge in [0.25, 0.3) is 0 Å². The van der Waals surface area contributed by atoms with Gasteiger partial charge in [0.1, 0.15) is 0 Å². The number of aliphatic hydroxyl groups excluding tert-OH is 1. The zero-order chi connectivity index (χ0) is 13.1. The first-order valence-corrected chi connectivity index (χ1v) is 6.36. The van der Waals surface area contributed by atoms with Crippen LogP contribution in [0.5, 0.6) is 0 Å². The fraction of sp³-hybridized carbons (Fsp3) is 0.600. The maximum Gasteiger partial charge on any atom is 0.0579 e.